The molecule has 0 aromatic carbocycles. The number of thiazole rings is 1. The van der Waals surface area contributed by atoms with Crippen LogP contribution in [0.5, 0.6) is 0 Å². The second-order valence-corrected chi connectivity index (χ2v) is 7.77. The quantitative estimate of drug-likeness (QED) is 0.929. The highest BCUT2D eigenvalue weighted by atomic mass is 32.1. The molecule has 0 amide bonds. The molecule has 0 spiro atoms. The molecule has 4 rings (SSSR count). The molecule has 0 unspecified atom stereocenters. The lowest BCUT2D eigenvalue weighted by Gasteiger charge is -2.17. The van der Waals surface area contributed by atoms with Crippen molar-refractivity contribution in [2.24, 2.45) is 5.73 Å². The van der Waals surface area contributed by atoms with Gasteiger partial charge in [-0.3, -0.25) is 0 Å². The molecule has 2 fully saturated rings. The van der Waals surface area contributed by atoms with Gasteiger partial charge in [0.15, 0.2) is 5.82 Å². The maximum Gasteiger partial charge on any atom is 0.269 e. The molecule has 0 bridgehead atoms. The van der Waals surface area contributed by atoms with Gasteiger partial charge >= 0.3 is 0 Å². The van der Waals surface area contributed by atoms with Crippen LogP contribution in [0.1, 0.15) is 73.8 Å². The molecule has 118 valence electrons. The number of aryl methyl sites for hydroxylation is 1. The lowest BCUT2D eigenvalue weighted by molar-refractivity contribution is 0.373. The van der Waals surface area contributed by atoms with Gasteiger partial charge in [-0.1, -0.05) is 30.8 Å². The maximum atomic E-state index is 6.42. The number of rotatable bonds is 3. The van der Waals surface area contributed by atoms with E-state index in [9.17, 15) is 0 Å². The standard InChI is InChI=1S/C16H22N4OS/c1-10-12(22-14(18-10)11-6-2-3-7-11)13-19-15(20-21-13)16(17)8-4-5-9-16/h11H,2-9,17H2,1H3. The molecular formula is C16H22N4OS. The van der Waals surface area contributed by atoms with Crippen LogP contribution in [0.4, 0.5) is 0 Å². The van der Waals surface area contributed by atoms with Gasteiger partial charge in [0, 0.05) is 5.92 Å². The fraction of sp³-hybridized carbons (Fsp3) is 0.688. The Balaban J connectivity index is 1.63. The molecular weight excluding hydrogens is 296 g/mol. The number of nitrogens with two attached hydrogens (primary N) is 1. The van der Waals surface area contributed by atoms with E-state index in [2.05, 4.69) is 10.1 Å². The molecule has 6 heteroatoms. The molecule has 2 aromatic rings. The summed E-state index contributed by atoms with van der Waals surface area (Å²) in [5.41, 5.74) is 7.02. The molecule has 2 aliphatic carbocycles. The van der Waals surface area contributed by atoms with E-state index in [0.29, 0.717) is 17.6 Å². The van der Waals surface area contributed by atoms with Crippen molar-refractivity contribution in [3.05, 3.63) is 16.5 Å². The lowest BCUT2D eigenvalue weighted by atomic mass is 9.99. The van der Waals surface area contributed by atoms with E-state index < -0.39 is 5.54 Å². The number of nitrogens with zero attached hydrogens (tertiary/aromatic N) is 3. The van der Waals surface area contributed by atoms with Gasteiger partial charge in [-0.2, -0.15) is 4.98 Å². The van der Waals surface area contributed by atoms with E-state index in [1.54, 1.807) is 11.3 Å². The summed E-state index contributed by atoms with van der Waals surface area (Å²) in [4.78, 5) is 10.4. The fourth-order valence-electron chi connectivity index (χ4n) is 3.71. The van der Waals surface area contributed by atoms with Gasteiger partial charge in [0.1, 0.15) is 4.88 Å². The van der Waals surface area contributed by atoms with Gasteiger partial charge in [-0.15, -0.1) is 11.3 Å². The molecule has 2 aliphatic rings. The Morgan fingerprint density at radius 2 is 1.86 bits per heavy atom. The van der Waals surface area contributed by atoms with Crippen LogP contribution in [0.3, 0.4) is 0 Å². The Labute approximate surface area is 134 Å². The number of aromatic nitrogens is 3. The third-order valence-corrected chi connectivity index (χ3v) is 6.39. The molecule has 2 saturated carbocycles. The maximum absolute atomic E-state index is 6.42. The molecule has 0 radical (unpaired) electrons. The Morgan fingerprint density at radius 1 is 1.14 bits per heavy atom. The highest BCUT2D eigenvalue weighted by molar-refractivity contribution is 7.15. The predicted molar refractivity (Wildman–Crippen MR) is 85.7 cm³/mol. The second-order valence-electron chi connectivity index (χ2n) is 6.73. The summed E-state index contributed by atoms with van der Waals surface area (Å²) < 4.78 is 5.51. The van der Waals surface area contributed by atoms with E-state index in [1.165, 1.54) is 30.7 Å². The molecule has 5 nitrogen and oxygen atoms in total. The fourth-order valence-corrected chi connectivity index (χ4v) is 4.87. The first-order chi connectivity index (χ1) is 10.7. The van der Waals surface area contributed by atoms with Crippen LogP contribution in [0.25, 0.3) is 10.8 Å². The van der Waals surface area contributed by atoms with Crippen molar-refractivity contribution >= 4 is 11.3 Å². The first-order valence-corrected chi connectivity index (χ1v) is 9.08. The van der Waals surface area contributed by atoms with Crippen molar-refractivity contribution in [1.29, 1.82) is 0 Å². The molecule has 2 aromatic heterocycles. The van der Waals surface area contributed by atoms with Gasteiger partial charge < -0.3 is 10.3 Å². The molecule has 0 aliphatic heterocycles. The van der Waals surface area contributed by atoms with E-state index >= 15 is 0 Å². The van der Waals surface area contributed by atoms with Crippen LogP contribution in [-0.4, -0.2) is 15.1 Å². The summed E-state index contributed by atoms with van der Waals surface area (Å²) in [5.74, 6) is 1.87. The molecule has 2 N–H and O–H groups in total. The number of hydrogen-bond acceptors (Lipinski definition) is 6. The largest absolute Gasteiger partial charge is 0.333 e. The SMILES string of the molecule is Cc1nc(C2CCCC2)sc1-c1nc(C2(N)CCCC2)no1. The van der Waals surface area contributed by atoms with Crippen LogP contribution >= 0.6 is 11.3 Å². The molecule has 0 atom stereocenters. The van der Waals surface area contributed by atoms with Crippen LogP contribution in [-0.2, 0) is 5.54 Å². The lowest BCUT2D eigenvalue weighted by Crippen LogP contribution is -2.34. The predicted octanol–water partition coefficient (Wildman–Crippen LogP) is 3.89. The van der Waals surface area contributed by atoms with Crippen molar-refractivity contribution in [2.45, 2.75) is 69.7 Å². The zero-order chi connectivity index (χ0) is 15.2. The third kappa shape index (κ3) is 2.38. The molecule has 2 heterocycles. The minimum atomic E-state index is -0.394. The van der Waals surface area contributed by atoms with Crippen molar-refractivity contribution in [3.8, 4) is 10.8 Å². The summed E-state index contributed by atoms with van der Waals surface area (Å²) in [6.07, 6.45) is 9.33. The molecule has 22 heavy (non-hydrogen) atoms. The van der Waals surface area contributed by atoms with Crippen molar-refractivity contribution in [1.82, 2.24) is 15.1 Å². The Bertz CT molecular complexity index is 665. The zero-order valence-electron chi connectivity index (χ0n) is 13.0. The van der Waals surface area contributed by atoms with E-state index in [-0.39, 0.29) is 0 Å². The average Bonchev–Trinajstić information content (AvgIpc) is 3.25. The Morgan fingerprint density at radius 3 is 2.59 bits per heavy atom. The van der Waals surface area contributed by atoms with Gasteiger partial charge in [0.05, 0.1) is 16.2 Å². The summed E-state index contributed by atoms with van der Waals surface area (Å²) in [7, 11) is 0. The Kier molecular flexibility index (Phi) is 3.53. The van der Waals surface area contributed by atoms with Crippen LogP contribution in [0, 0.1) is 6.92 Å². The van der Waals surface area contributed by atoms with Crippen molar-refractivity contribution in [2.75, 3.05) is 0 Å². The van der Waals surface area contributed by atoms with Crippen LogP contribution in [0.15, 0.2) is 4.52 Å². The minimum absolute atomic E-state index is 0.394. The summed E-state index contributed by atoms with van der Waals surface area (Å²) in [5, 5.41) is 5.39. The van der Waals surface area contributed by atoms with Gasteiger partial charge in [-0.05, 0) is 32.6 Å². The van der Waals surface area contributed by atoms with E-state index in [1.807, 2.05) is 6.92 Å². The first-order valence-electron chi connectivity index (χ1n) is 8.26. The smallest absolute Gasteiger partial charge is 0.269 e. The topological polar surface area (TPSA) is 77.8 Å². The highest BCUT2D eigenvalue weighted by Gasteiger charge is 2.36. The normalized spacial score (nSPS) is 21.7. The van der Waals surface area contributed by atoms with Crippen molar-refractivity contribution in [3.63, 3.8) is 0 Å². The second kappa shape index (κ2) is 5.42. The van der Waals surface area contributed by atoms with Gasteiger partial charge in [-0.25, -0.2) is 4.98 Å². The zero-order valence-corrected chi connectivity index (χ0v) is 13.8. The summed E-state index contributed by atoms with van der Waals surface area (Å²) >= 11 is 1.72. The number of hydrogen-bond donors (Lipinski definition) is 1. The van der Waals surface area contributed by atoms with Crippen molar-refractivity contribution < 1.29 is 4.52 Å². The van der Waals surface area contributed by atoms with E-state index in [4.69, 9.17) is 15.2 Å². The third-order valence-electron chi connectivity index (χ3n) is 5.08. The van der Waals surface area contributed by atoms with Gasteiger partial charge in [0.2, 0.25) is 0 Å². The average molecular weight is 318 g/mol. The molecule has 0 saturated heterocycles. The highest BCUT2D eigenvalue weighted by Crippen LogP contribution is 2.41. The van der Waals surface area contributed by atoms with Crippen LogP contribution in [0.2, 0.25) is 0 Å². The van der Waals surface area contributed by atoms with E-state index in [0.717, 1.165) is 36.3 Å². The Hall–Kier alpha value is -1.27. The van der Waals surface area contributed by atoms with Crippen LogP contribution < -0.4 is 5.73 Å². The summed E-state index contributed by atoms with van der Waals surface area (Å²) in [6, 6.07) is 0. The monoisotopic (exact) mass is 318 g/mol. The first kappa shape index (κ1) is 14.3. The minimum Gasteiger partial charge on any atom is -0.333 e. The summed E-state index contributed by atoms with van der Waals surface area (Å²) in [6.45, 7) is 2.03. The van der Waals surface area contributed by atoms with Gasteiger partial charge in [0.25, 0.3) is 5.89 Å².